The van der Waals surface area contributed by atoms with Crippen LogP contribution in [0.1, 0.15) is 11.1 Å². The van der Waals surface area contributed by atoms with E-state index < -0.39 is 0 Å². The third-order valence-electron chi connectivity index (χ3n) is 4.67. The quantitative estimate of drug-likeness (QED) is 0.496. The van der Waals surface area contributed by atoms with Gasteiger partial charge in [0.15, 0.2) is 16.3 Å². The Morgan fingerprint density at radius 2 is 1.77 bits per heavy atom. The summed E-state index contributed by atoms with van der Waals surface area (Å²) < 4.78 is 24.4. The van der Waals surface area contributed by atoms with E-state index in [1.807, 2.05) is 23.6 Å². The lowest BCUT2D eigenvalue weighted by Gasteiger charge is -2.12. The molecule has 1 amide bonds. The first-order chi connectivity index (χ1) is 15.0. The summed E-state index contributed by atoms with van der Waals surface area (Å²) in [5.74, 6) is 1.17. The number of benzene rings is 2. The molecule has 3 aromatic rings. The van der Waals surface area contributed by atoms with Crippen molar-refractivity contribution in [3.8, 4) is 17.2 Å². The SMILES string of the molecule is COCCn1c(=NC(=O)/C=C\c2cc(OC)c(OC)c(OC)c2)sc2cc(C)ccc21. The van der Waals surface area contributed by atoms with Gasteiger partial charge in [0.2, 0.25) is 5.75 Å². The van der Waals surface area contributed by atoms with Crippen LogP contribution in [-0.2, 0) is 16.1 Å². The van der Waals surface area contributed by atoms with Gasteiger partial charge in [-0.05, 0) is 48.4 Å². The van der Waals surface area contributed by atoms with E-state index in [2.05, 4.69) is 11.1 Å². The predicted molar refractivity (Wildman–Crippen MR) is 122 cm³/mol. The zero-order valence-corrected chi connectivity index (χ0v) is 19.1. The number of hydrogen-bond donors (Lipinski definition) is 0. The first-order valence-corrected chi connectivity index (χ1v) is 10.5. The highest BCUT2D eigenvalue weighted by Gasteiger charge is 2.12. The van der Waals surface area contributed by atoms with Crippen LogP contribution in [0.3, 0.4) is 0 Å². The Morgan fingerprint density at radius 1 is 1.06 bits per heavy atom. The normalized spacial score (nSPS) is 12.0. The van der Waals surface area contributed by atoms with Crippen LogP contribution in [0.2, 0.25) is 0 Å². The summed E-state index contributed by atoms with van der Waals surface area (Å²) in [5.41, 5.74) is 2.93. The Kier molecular flexibility index (Phi) is 7.49. The molecule has 0 saturated carbocycles. The molecule has 1 heterocycles. The van der Waals surface area contributed by atoms with E-state index in [-0.39, 0.29) is 5.91 Å². The topological polar surface area (TPSA) is 71.3 Å². The van der Waals surface area contributed by atoms with E-state index >= 15 is 0 Å². The minimum absolute atomic E-state index is 0.358. The van der Waals surface area contributed by atoms with Gasteiger partial charge in [0.25, 0.3) is 5.91 Å². The fourth-order valence-electron chi connectivity index (χ4n) is 3.16. The van der Waals surface area contributed by atoms with Gasteiger partial charge >= 0.3 is 0 Å². The fourth-order valence-corrected chi connectivity index (χ4v) is 4.32. The molecule has 0 atom stereocenters. The van der Waals surface area contributed by atoms with E-state index in [1.165, 1.54) is 17.4 Å². The second-order valence-corrected chi connectivity index (χ2v) is 7.75. The number of methoxy groups -OCH3 is 4. The van der Waals surface area contributed by atoms with E-state index in [4.69, 9.17) is 18.9 Å². The minimum Gasteiger partial charge on any atom is -0.493 e. The summed E-state index contributed by atoms with van der Waals surface area (Å²) in [6, 6.07) is 9.73. The highest BCUT2D eigenvalue weighted by molar-refractivity contribution is 7.16. The van der Waals surface area contributed by atoms with Crippen LogP contribution in [-0.4, -0.2) is 45.5 Å². The molecular formula is C23H26N2O5S. The smallest absolute Gasteiger partial charge is 0.272 e. The molecule has 31 heavy (non-hydrogen) atoms. The van der Waals surface area contributed by atoms with Crippen LogP contribution in [0, 0.1) is 6.92 Å². The molecule has 2 aromatic carbocycles. The van der Waals surface area contributed by atoms with Gasteiger partial charge in [0, 0.05) is 19.7 Å². The third-order valence-corrected chi connectivity index (χ3v) is 5.71. The second-order valence-electron chi connectivity index (χ2n) is 6.74. The highest BCUT2D eigenvalue weighted by Crippen LogP contribution is 2.38. The van der Waals surface area contributed by atoms with Gasteiger partial charge in [-0.15, -0.1) is 0 Å². The molecule has 7 nitrogen and oxygen atoms in total. The summed E-state index contributed by atoms with van der Waals surface area (Å²) in [6.45, 7) is 3.19. The van der Waals surface area contributed by atoms with E-state index in [0.717, 1.165) is 21.3 Å². The standard InChI is InChI=1S/C23H26N2O5S/c1-15-6-8-17-20(12-15)31-23(25(17)10-11-27-2)24-21(26)9-7-16-13-18(28-3)22(30-5)19(14-16)29-4/h6-9,12-14H,10-11H2,1-5H3/b9-7-,24-23?. The van der Waals surface area contributed by atoms with Crippen molar-refractivity contribution in [3.05, 3.63) is 52.3 Å². The lowest BCUT2D eigenvalue weighted by molar-refractivity contribution is -0.113. The number of fused-ring (bicyclic) bond motifs is 1. The fraction of sp³-hybridized carbons (Fsp3) is 0.304. The van der Waals surface area contributed by atoms with Gasteiger partial charge in [0.05, 0.1) is 38.2 Å². The van der Waals surface area contributed by atoms with Crippen molar-refractivity contribution in [2.24, 2.45) is 4.99 Å². The molecule has 0 radical (unpaired) electrons. The van der Waals surface area contributed by atoms with E-state index in [9.17, 15) is 4.79 Å². The molecule has 0 fully saturated rings. The largest absolute Gasteiger partial charge is 0.493 e. The number of amides is 1. The minimum atomic E-state index is -0.358. The first-order valence-electron chi connectivity index (χ1n) is 9.66. The van der Waals surface area contributed by atoms with Crippen molar-refractivity contribution in [2.75, 3.05) is 35.0 Å². The molecule has 3 rings (SSSR count). The Bertz CT molecular complexity index is 1150. The maximum atomic E-state index is 12.6. The average Bonchev–Trinajstić information content (AvgIpc) is 3.10. The van der Waals surface area contributed by atoms with Gasteiger partial charge in [-0.1, -0.05) is 17.4 Å². The van der Waals surface area contributed by atoms with Crippen molar-refractivity contribution >= 4 is 33.5 Å². The van der Waals surface area contributed by atoms with Crippen LogP contribution >= 0.6 is 11.3 Å². The summed E-state index contributed by atoms with van der Waals surface area (Å²) >= 11 is 1.49. The number of carbonyl (C=O) groups is 1. The molecule has 1 aromatic heterocycles. The van der Waals surface area contributed by atoms with Crippen molar-refractivity contribution in [3.63, 3.8) is 0 Å². The van der Waals surface area contributed by atoms with Gasteiger partial charge in [-0.25, -0.2) is 0 Å². The molecule has 0 aliphatic carbocycles. The summed E-state index contributed by atoms with van der Waals surface area (Å²) in [4.78, 5) is 17.6. The van der Waals surface area contributed by atoms with Crippen LogP contribution in [0.15, 0.2) is 41.4 Å². The highest BCUT2D eigenvalue weighted by atomic mass is 32.1. The lowest BCUT2D eigenvalue weighted by atomic mass is 10.1. The third kappa shape index (κ3) is 5.15. The Balaban J connectivity index is 1.95. The molecule has 0 bridgehead atoms. The van der Waals surface area contributed by atoms with Gasteiger partial charge in [-0.2, -0.15) is 4.99 Å². The monoisotopic (exact) mass is 442 g/mol. The van der Waals surface area contributed by atoms with Gasteiger partial charge in [-0.3, -0.25) is 4.79 Å². The molecule has 0 aliphatic rings. The average molecular weight is 443 g/mol. The van der Waals surface area contributed by atoms with Crippen molar-refractivity contribution < 1.29 is 23.7 Å². The maximum Gasteiger partial charge on any atom is 0.272 e. The van der Waals surface area contributed by atoms with Crippen molar-refractivity contribution in [1.82, 2.24) is 4.57 Å². The zero-order valence-electron chi connectivity index (χ0n) is 18.3. The Morgan fingerprint density at radius 3 is 2.39 bits per heavy atom. The summed E-state index contributed by atoms with van der Waals surface area (Å²) in [6.07, 6.45) is 3.10. The number of thiazole rings is 1. The number of aromatic nitrogens is 1. The summed E-state index contributed by atoms with van der Waals surface area (Å²) in [5, 5.41) is 0. The number of hydrogen-bond acceptors (Lipinski definition) is 6. The molecule has 0 saturated heterocycles. The van der Waals surface area contributed by atoms with Crippen LogP contribution in [0.5, 0.6) is 17.2 Å². The number of aryl methyl sites for hydroxylation is 1. The summed E-state index contributed by atoms with van der Waals surface area (Å²) in [7, 11) is 6.30. The maximum absolute atomic E-state index is 12.6. The predicted octanol–water partition coefficient (Wildman–Crippen LogP) is 3.82. The van der Waals surface area contributed by atoms with Crippen molar-refractivity contribution in [2.45, 2.75) is 13.5 Å². The Hall–Kier alpha value is -3.10. The molecule has 0 N–H and O–H groups in total. The van der Waals surface area contributed by atoms with Crippen LogP contribution < -0.4 is 19.0 Å². The van der Waals surface area contributed by atoms with Crippen LogP contribution in [0.25, 0.3) is 16.3 Å². The van der Waals surface area contributed by atoms with Crippen molar-refractivity contribution in [1.29, 1.82) is 0 Å². The lowest BCUT2D eigenvalue weighted by Crippen LogP contribution is -2.18. The molecular weight excluding hydrogens is 416 g/mol. The van der Waals surface area contributed by atoms with Gasteiger partial charge < -0.3 is 23.5 Å². The van der Waals surface area contributed by atoms with Crippen LogP contribution in [0.4, 0.5) is 0 Å². The number of carbonyl (C=O) groups excluding carboxylic acids is 1. The molecule has 8 heteroatoms. The van der Waals surface area contributed by atoms with Gasteiger partial charge in [0.1, 0.15) is 0 Å². The second kappa shape index (κ2) is 10.3. The number of rotatable bonds is 8. The van der Waals surface area contributed by atoms with E-state index in [1.54, 1.807) is 46.6 Å². The number of ether oxygens (including phenoxy) is 4. The molecule has 164 valence electrons. The zero-order chi connectivity index (χ0) is 22.4. The first kappa shape index (κ1) is 22.6. The number of nitrogens with zero attached hydrogens (tertiary/aromatic N) is 2. The molecule has 0 aliphatic heterocycles. The Labute approximate surface area is 185 Å². The molecule has 0 unspecified atom stereocenters. The van der Waals surface area contributed by atoms with E-state index in [0.29, 0.717) is 35.2 Å². The molecule has 0 spiro atoms.